The molecule has 3 aliphatic rings. The van der Waals surface area contributed by atoms with Gasteiger partial charge < -0.3 is 20.5 Å². The van der Waals surface area contributed by atoms with Crippen molar-refractivity contribution in [3.63, 3.8) is 0 Å². The number of nitrogens with one attached hydrogen (secondary N) is 2. The van der Waals surface area contributed by atoms with Crippen LogP contribution in [0.25, 0.3) is 11.1 Å². The van der Waals surface area contributed by atoms with Crippen molar-refractivity contribution in [1.82, 2.24) is 10.6 Å². The molecule has 0 spiro atoms. The summed E-state index contributed by atoms with van der Waals surface area (Å²) in [6, 6.07) is 12.5. The average Bonchev–Trinajstić information content (AvgIpc) is 3.65. The highest BCUT2D eigenvalue weighted by atomic mass is 35.5. The van der Waals surface area contributed by atoms with Gasteiger partial charge >= 0.3 is 0 Å². The number of benzene rings is 3. The Morgan fingerprint density at radius 2 is 1.95 bits per heavy atom. The third-order valence-electron chi connectivity index (χ3n) is 8.41. The molecule has 3 N–H and O–H groups in total. The second-order valence-corrected chi connectivity index (χ2v) is 11.0. The number of aliphatic hydroxyl groups is 1. The summed E-state index contributed by atoms with van der Waals surface area (Å²) < 4.78 is 38.5. The molecule has 4 atom stereocenters. The molecule has 0 bridgehead atoms. The van der Waals surface area contributed by atoms with E-state index in [1.165, 1.54) is 19.2 Å². The fourth-order valence-electron chi connectivity index (χ4n) is 6.50. The fourth-order valence-corrected chi connectivity index (χ4v) is 6.77. The van der Waals surface area contributed by atoms with E-state index < -0.39 is 29.2 Å². The van der Waals surface area contributed by atoms with Gasteiger partial charge in [-0.05, 0) is 54.5 Å². The lowest BCUT2D eigenvalue weighted by atomic mass is 9.80. The van der Waals surface area contributed by atoms with Crippen LogP contribution in [0, 0.1) is 17.6 Å². The van der Waals surface area contributed by atoms with Crippen molar-refractivity contribution < 1.29 is 23.4 Å². The standard InChI is InChI=1S/C30H29ClF2N2O3/c1-15-11-17-18(28(15)36)12-19(29(37)34-2)25(27(17)33)24-20-14-30(23-9-6-10-35-23,16-7-4-3-5-8-16)38-22(20)13-21(32)26(24)31/h3-5,7-8,12-13,15,23,28,35-36H,6,9-11,14H2,1-2H3,(H,34,37)/t15?,23-,28?,30-/m0/s1. The molecule has 3 aromatic carbocycles. The van der Waals surface area contributed by atoms with Crippen LogP contribution in [0.3, 0.4) is 0 Å². The zero-order valence-corrected chi connectivity index (χ0v) is 22.0. The summed E-state index contributed by atoms with van der Waals surface area (Å²) in [5, 5.41) is 16.5. The van der Waals surface area contributed by atoms with Crippen molar-refractivity contribution in [3.05, 3.63) is 86.9 Å². The number of halogens is 3. The molecule has 5 nitrogen and oxygen atoms in total. The van der Waals surface area contributed by atoms with Gasteiger partial charge in [-0.2, -0.15) is 0 Å². The highest BCUT2D eigenvalue weighted by Crippen LogP contribution is 2.53. The third kappa shape index (κ3) is 3.67. The smallest absolute Gasteiger partial charge is 0.251 e. The zero-order valence-electron chi connectivity index (χ0n) is 21.2. The maximum absolute atomic E-state index is 16.4. The Hall–Kier alpha value is -3.00. The fraction of sp³-hybridized carbons (Fsp3) is 0.367. The number of aliphatic hydroxyl groups excluding tert-OH is 1. The minimum absolute atomic E-state index is 0.00259. The van der Waals surface area contributed by atoms with Gasteiger partial charge in [0.05, 0.1) is 22.7 Å². The lowest BCUT2D eigenvalue weighted by molar-refractivity contribution is 0.0539. The second-order valence-electron chi connectivity index (χ2n) is 10.6. The largest absolute Gasteiger partial charge is 0.480 e. The number of carbonyl (C=O) groups is 1. The number of carbonyl (C=O) groups excluding carboxylic acids is 1. The van der Waals surface area contributed by atoms with Crippen LogP contribution in [-0.4, -0.2) is 30.6 Å². The van der Waals surface area contributed by atoms with Crippen LogP contribution >= 0.6 is 11.6 Å². The van der Waals surface area contributed by atoms with Crippen LogP contribution in [0.1, 0.15) is 58.5 Å². The maximum Gasteiger partial charge on any atom is 0.251 e. The topological polar surface area (TPSA) is 70.6 Å². The molecule has 6 rings (SSSR count). The first-order chi connectivity index (χ1) is 18.3. The van der Waals surface area contributed by atoms with Crippen LogP contribution in [0.5, 0.6) is 5.75 Å². The Morgan fingerprint density at radius 3 is 2.63 bits per heavy atom. The van der Waals surface area contributed by atoms with Crippen molar-refractivity contribution in [2.24, 2.45) is 5.92 Å². The summed E-state index contributed by atoms with van der Waals surface area (Å²) in [5.74, 6) is -1.89. The molecule has 1 saturated heterocycles. The third-order valence-corrected chi connectivity index (χ3v) is 8.78. The SMILES string of the molecule is CNC(=O)c1cc2c(c(F)c1-c1c(Cl)c(F)cc3c1C[C@](c1ccccc1)([C@@H]1CCCN1)O3)CC(C)C2O. The molecule has 8 heteroatoms. The molecule has 2 unspecified atom stereocenters. The molecule has 1 amide bonds. The summed E-state index contributed by atoms with van der Waals surface area (Å²) in [4.78, 5) is 13.1. The van der Waals surface area contributed by atoms with E-state index in [1.807, 2.05) is 37.3 Å². The summed E-state index contributed by atoms with van der Waals surface area (Å²) in [5.41, 5.74) is 1.42. The Balaban J connectivity index is 1.61. The first-order valence-corrected chi connectivity index (χ1v) is 13.4. The van der Waals surface area contributed by atoms with Gasteiger partial charge in [0.15, 0.2) is 5.60 Å². The van der Waals surface area contributed by atoms with E-state index in [1.54, 1.807) is 0 Å². The van der Waals surface area contributed by atoms with Gasteiger partial charge in [0.1, 0.15) is 17.4 Å². The minimum Gasteiger partial charge on any atom is -0.480 e. The Morgan fingerprint density at radius 1 is 1.18 bits per heavy atom. The van der Waals surface area contributed by atoms with Crippen LogP contribution < -0.4 is 15.4 Å². The molecular formula is C30H29ClF2N2O3. The summed E-state index contributed by atoms with van der Waals surface area (Å²) >= 11 is 6.62. The van der Waals surface area contributed by atoms with E-state index in [-0.39, 0.29) is 39.4 Å². The van der Waals surface area contributed by atoms with E-state index in [0.717, 1.165) is 24.9 Å². The van der Waals surface area contributed by atoms with Crippen molar-refractivity contribution in [1.29, 1.82) is 0 Å². The predicted octanol–water partition coefficient (Wildman–Crippen LogP) is 5.45. The molecule has 1 fully saturated rings. The van der Waals surface area contributed by atoms with Gasteiger partial charge in [-0.25, -0.2) is 8.78 Å². The van der Waals surface area contributed by atoms with Gasteiger partial charge in [-0.1, -0.05) is 48.9 Å². The van der Waals surface area contributed by atoms with Crippen LogP contribution in [0.2, 0.25) is 5.02 Å². The lowest BCUT2D eigenvalue weighted by Gasteiger charge is -2.35. The highest BCUT2D eigenvalue weighted by Gasteiger charge is 2.50. The van der Waals surface area contributed by atoms with E-state index in [2.05, 4.69) is 10.6 Å². The summed E-state index contributed by atoms with van der Waals surface area (Å²) in [6.45, 7) is 2.66. The van der Waals surface area contributed by atoms with Crippen molar-refractivity contribution >= 4 is 17.5 Å². The number of amides is 1. The van der Waals surface area contributed by atoms with E-state index in [4.69, 9.17) is 16.3 Å². The Bertz CT molecular complexity index is 1440. The van der Waals surface area contributed by atoms with Crippen LogP contribution in [0.4, 0.5) is 8.78 Å². The maximum atomic E-state index is 16.4. The Labute approximate surface area is 225 Å². The normalized spacial score (nSPS) is 25.7. The first-order valence-electron chi connectivity index (χ1n) is 13.0. The molecular weight excluding hydrogens is 510 g/mol. The molecule has 2 aliphatic heterocycles. The van der Waals surface area contributed by atoms with Crippen LogP contribution in [0.15, 0.2) is 42.5 Å². The second kappa shape index (κ2) is 9.33. The molecule has 0 radical (unpaired) electrons. The van der Waals surface area contributed by atoms with Crippen LogP contribution in [-0.2, 0) is 18.4 Å². The van der Waals surface area contributed by atoms with E-state index in [0.29, 0.717) is 29.5 Å². The molecule has 0 saturated carbocycles. The van der Waals surface area contributed by atoms with Gasteiger partial charge in [0, 0.05) is 36.2 Å². The number of ether oxygens (including phenoxy) is 1. The molecule has 3 aromatic rings. The van der Waals surface area contributed by atoms with E-state index >= 15 is 8.78 Å². The lowest BCUT2D eigenvalue weighted by Crippen LogP contribution is -2.48. The first kappa shape index (κ1) is 25.3. The van der Waals surface area contributed by atoms with E-state index in [9.17, 15) is 9.90 Å². The molecule has 2 heterocycles. The highest BCUT2D eigenvalue weighted by molar-refractivity contribution is 6.34. The van der Waals surface area contributed by atoms with Crippen molar-refractivity contribution in [3.8, 4) is 16.9 Å². The number of fused-ring (bicyclic) bond motifs is 2. The average molecular weight is 539 g/mol. The molecule has 198 valence electrons. The number of hydrogen-bond acceptors (Lipinski definition) is 4. The number of rotatable bonds is 4. The zero-order chi connectivity index (χ0) is 26.8. The van der Waals surface area contributed by atoms with Crippen molar-refractivity contribution in [2.75, 3.05) is 13.6 Å². The van der Waals surface area contributed by atoms with Gasteiger partial charge in [-0.15, -0.1) is 0 Å². The van der Waals surface area contributed by atoms with Gasteiger partial charge in [0.25, 0.3) is 5.91 Å². The molecule has 0 aromatic heterocycles. The van der Waals surface area contributed by atoms with Gasteiger partial charge in [-0.3, -0.25) is 4.79 Å². The Kier molecular flexibility index (Phi) is 6.21. The predicted molar refractivity (Wildman–Crippen MR) is 141 cm³/mol. The quantitative estimate of drug-likeness (QED) is 0.413. The number of hydrogen-bond donors (Lipinski definition) is 3. The summed E-state index contributed by atoms with van der Waals surface area (Å²) in [7, 11) is 1.45. The summed E-state index contributed by atoms with van der Waals surface area (Å²) in [6.07, 6.45) is 1.56. The monoisotopic (exact) mass is 538 g/mol. The van der Waals surface area contributed by atoms with Gasteiger partial charge in [0.2, 0.25) is 0 Å². The van der Waals surface area contributed by atoms with Crippen molar-refractivity contribution in [2.45, 2.75) is 50.4 Å². The minimum atomic E-state index is -0.895. The molecule has 38 heavy (non-hydrogen) atoms. The molecule has 1 aliphatic carbocycles.